The zero-order chi connectivity index (χ0) is 69.1. The van der Waals surface area contributed by atoms with Crippen LogP contribution in [0, 0.1) is 0 Å². The maximum atomic E-state index is 15.4. The van der Waals surface area contributed by atoms with E-state index < -0.39 is 143 Å². The molecule has 9 aromatic carbocycles. The van der Waals surface area contributed by atoms with Gasteiger partial charge in [0.2, 0.25) is 0 Å². The highest BCUT2D eigenvalue weighted by Crippen LogP contribution is 2.39. The van der Waals surface area contributed by atoms with Crippen molar-refractivity contribution in [2.45, 2.75) is 84.6 Å². The van der Waals surface area contributed by atoms with E-state index in [1.807, 2.05) is 6.92 Å². The van der Waals surface area contributed by atoms with Gasteiger partial charge in [0.25, 0.3) is 80.2 Å². The fourth-order valence-electron chi connectivity index (χ4n) is 9.66. The van der Waals surface area contributed by atoms with Crippen LogP contribution in [-0.4, -0.2) is 77.6 Å². The Balaban J connectivity index is 1.17. The Hall–Kier alpha value is -8.38. The van der Waals surface area contributed by atoms with E-state index in [4.69, 9.17) is 22.9 Å². The molecule has 0 fully saturated rings. The molecule has 8 N–H and O–H groups in total. The van der Waals surface area contributed by atoms with Crippen LogP contribution in [0.3, 0.4) is 0 Å². The van der Waals surface area contributed by atoms with Gasteiger partial charge in [-0.05, 0) is 212 Å². The normalized spacial score (nSPS) is 12.7. The molecule has 0 aliphatic heterocycles. The molecule has 0 aliphatic rings. The van der Waals surface area contributed by atoms with Crippen molar-refractivity contribution in [2.24, 2.45) is 0 Å². The molecule has 0 saturated carbocycles. The van der Waals surface area contributed by atoms with Gasteiger partial charge in [-0.3, -0.25) is 0 Å². The quantitative estimate of drug-likeness (QED) is 0.0274. The average Bonchev–Trinajstić information content (AvgIpc) is 0.749. The lowest BCUT2D eigenvalue weighted by atomic mass is 10.1. The highest BCUT2D eigenvalue weighted by molar-refractivity contribution is 9.10. The van der Waals surface area contributed by atoms with Crippen LogP contribution in [0.15, 0.2) is 262 Å². The molecule has 0 spiro atoms. The molecule has 0 unspecified atom stereocenters. The lowest BCUT2D eigenvalue weighted by Gasteiger charge is -2.27. The predicted molar refractivity (Wildman–Crippen MR) is 367 cm³/mol. The number of anilines is 7. The van der Waals surface area contributed by atoms with Crippen molar-refractivity contribution < 1.29 is 67.3 Å². The number of rotatable bonds is 27. The molecule has 9 aromatic rings. The van der Waals surface area contributed by atoms with Crippen molar-refractivity contribution in [3.05, 3.63) is 223 Å². The number of halogens is 1. The van der Waals surface area contributed by atoms with Crippen LogP contribution < -0.4 is 34.1 Å². The first-order valence-corrected chi connectivity index (χ1v) is 40.8. The van der Waals surface area contributed by atoms with Gasteiger partial charge in [-0.2, -0.15) is 11.1 Å². The number of hydrogen-bond acceptors (Lipinski definition) is 20. The van der Waals surface area contributed by atoms with Crippen LogP contribution in [0.5, 0.6) is 0 Å². The van der Waals surface area contributed by atoms with Gasteiger partial charge in [0.15, 0.2) is 0 Å². The second-order valence-electron chi connectivity index (χ2n) is 21.2. The molecule has 0 amide bonds. The first-order valence-electron chi connectivity index (χ1n) is 28.4. The van der Waals surface area contributed by atoms with Crippen molar-refractivity contribution >= 4 is 136 Å². The van der Waals surface area contributed by atoms with Crippen LogP contribution >= 0.6 is 15.9 Å². The molecule has 95 heavy (non-hydrogen) atoms. The Morgan fingerprint density at radius 3 is 0.716 bits per heavy atom. The number of unbranched alkanes of at least 4 members (excludes halogenated alkanes) is 5. The van der Waals surface area contributed by atoms with Crippen LogP contribution in [0.25, 0.3) is 11.1 Å². The number of nitrogens with two attached hydrogens (primary N) is 4. The molecule has 24 nitrogen and oxygen atoms in total. The number of hydrogen-bond donors (Lipinski definition) is 4. The molecule has 500 valence electrons. The summed E-state index contributed by atoms with van der Waals surface area (Å²) < 4.78 is 238. The van der Waals surface area contributed by atoms with E-state index >= 15 is 16.8 Å². The van der Waals surface area contributed by atoms with Gasteiger partial charge in [0.1, 0.15) is 0 Å². The minimum Gasteiger partial charge on any atom is -0.399 e. The minimum atomic E-state index is -5.69. The van der Waals surface area contributed by atoms with Gasteiger partial charge in [0, 0.05) is 33.8 Å². The predicted octanol–water partition coefficient (Wildman–Crippen LogP) is 9.94. The largest absolute Gasteiger partial charge is 0.399 e. The topological polar surface area (TPSA) is 390 Å². The molecule has 0 bridgehead atoms. The van der Waals surface area contributed by atoms with Crippen LogP contribution in [0.1, 0.15) is 45.4 Å². The number of sulfonamides is 8. The van der Waals surface area contributed by atoms with Crippen molar-refractivity contribution in [1.29, 1.82) is 0 Å². The van der Waals surface area contributed by atoms with Gasteiger partial charge in [0.05, 0.1) is 56.2 Å². The summed E-state index contributed by atoms with van der Waals surface area (Å²) in [4.78, 5) is -5.42. The summed E-state index contributed by atoms with van der Waals surface area (Å²) in [6.07, 6.45) is 3.72. The van der Waals surface area contributed by atoms with E-state index in [9.17, 15) is 50.5 Å². The van der Waals surface area contributed by atoms with Crippen molar-refractivity contribution in [1.82, 2.24) is 3.71 Å². The summed E-state index contributed by atoms with van der Waals surface area (Å²) in [7, 11) is -42.1. The van der Waals surface area contributed by atoms with Crippen LogP contribution in [0.2, 0.25) is 0 Å². The van der Waals surface area contributed by atoms with E-state index in [1.165, 1.54) is 72.8 Å². The second kappa shape index (κ2) is 27.8. The zero-order valence-corrected chi connectivity index (χ0v) is 58.1. The Labute approximate surface area is 561 Å². The number of nitrogen functional groups attached to an aromatic ring is 4. The minimum absolute atomic E-state index is 0.00182. The lowest BCUT2D eigenvalue weighted by Crippen LogP contribution is -2.38. The molecule has 0 aromatic heterocycles. The molecule has 0 saturated heterocycles. The first-order chi connectivity index (χ1) is 44.7. The number of nitrogens with zero attached hydrogens (tertiary/aromatic N) is 4. The molecule has 0 radical (unpaired) electrons. The molecule has 0 atom stereocenters. The van der Waals surface area contributed by atoms with Crippen LogP contribution in [-0.2, 0) is 80.2 Å². The monoisotopic (exact) mass is 1510 g/mol. The summed E-state index contributed by atoms with van der Waals surface area (Å²) in [5.41, 5.74) is 22.8. The molecule has 9 rings (SSSR count). The van der Waals surface area contributed by atoms with Gasteiger partial charge in [-0.25, -0.2) is 67.3 Å². The third-order valence-electron chi connectivity index (χ3n) is 14.6. The third-order valence-corrected chi connectivity index (χ3v) is 32.1. The average molecular weight is 1510 g/mol. The molecular formula is C62H61BrN8O16S8. The highest BCUT2D eigenvalue weighted by Gasteiger charge is 2.43. The van der Waals surface area contributed by atoms with Crippen molar-refractivity contribution in [2.75, 3.05) is 40.6 Å². The second-order valence-corrected chi connectivity index (χ2v) is 37.5. The van der Waals surface area contributed by atoms with Gasteiger partial charge in [-0.1, -0.05) is 82.9 Å². The summed E-state index contributed by atoms with van der Waals surface area (Å²) in [5, 5.41) is 0. The Morgan fingerprint density at radius 2 is 0.463 bits per heavy atom. The summed E-state index contributed by atoms with van der Waals surface area (Å²) in [5.74, 6) is 0. The highest BCUT2D eigenvalue weighted by atomic mass is 79.9. The van der Waals surface area contributed by atoms with E-state index in [2.05, 4.69) is 15.9 Å². The first kappa shape index (κ1) is 70.9. The van der Waals surface area contributed by atoms with Gasteiger partial charge in [-0.15, -0.1) is 0 Å². The smallest absolute Gasteiger partial charge is 0.277 e. The van der Waals surface area contributed by atoms with Crippen molar-refractivity contribution in [3.8, 4) is 11.1 Å². The molecular weight excluding hydrogens is 1450 g/mol. The third kappa shape index (κ3) is 14.7. The van der Waals surface area contributed by atoms with E-state index in [1.54, 1.807) is 24.3 Å². The molecule has 0 heterocycles. The van der Waals surface area contributed by atoms with Crippen molar-refractivity contribution in [3.63, 3.8) is 0 Å². The fourth-order valence-corrected chi connectivity index (χ4v) is 24.7. The fraction of sp³-hybridized carbons (Fsp3) is 0.129. The Morgan fingerprint density at radius 1 is 0.263 bits per heavy atom. The SMILES string of the molecule is CCCCCCCCN(S(=O)(=O)c1ccc(-c2ccc(Br)cc2)cc1)S(=O)(=O)c1ccc(N(S(=O)(=O)c2ccc(N(S(=O)(=O)c3ccc(N)cc3)S(=O)(=O)c3ccc(N)cc3)cc2)S(=O)(=O)c2ccc(N(S(=O)(=O)c3ccc(N)cc3)S(=O)(=O)c3ccc(N)cc3)cc2)cc1. The molecule has 0 aliphatic carbocycles. The summed E-state index contributed by atoms with van der Waals surface area (Å²) >= 11 is 3.38. The summed E-state index contributed by atoms with van der Waals surface area (Å²) in [6, 6.07) is 39.0. The maximum absolute atomic E-state index is 15.4. The lowest BCUT2D eigenvalue weighted by molar-refractivity contribution is 0.479. The van der Waals surface area contributed by atoms with Gasteiger partial charge < -0.3 is 22.9 Å². The van der Waals surface area contributed by atoms with Gasteiger partial charge >= 0.3 is 0 Å². The zero-order valence-electron chi connectivity index (χ0n) is 50.0. The van der Waals surface area contributed by atoms with Crippen LogP contribution in [0.4, 0.5) is 39.8 Å². The van der Waals surface area contributed by atoms with E-state index in [0.29, 0.717) is 46.4 Å². The standard InChI is InChI=1S/C62H61BrN8O16S8/c1-2-3-4-5-6-7-44-68(88(72,73)55-28-10-46(11-29-55)45-8-12-47(63)13-9-45)89(74,75)56-38-22-52(23-39-56)71(94(84,85)61-40-24-53(25-41-61)69(90(76,77)57-30-14-48(64)15-31-57)91(78,79)58-32-16-49(65)17-33-58)95(86,87)62-42-26-54(27-43-62)70(92(80,81)59-34-18-50(66)19-35-59)93(82,83)60-36-20-51(67)21-37-60/h8-43H,2-7,44,64-67H2,1H3. The Kier molecular flexibility index (Phi) is 20.7. The maximum Gasteiger partial charge on any atom is 0.277 e. The van der Waals surface area contributed by atoms with E-state index in [-0.39, 0.29) is 40.3 Å². The molecule has 33 heteroatoms. The number of benzene rings is 9. The summed E-state index contributed by atoms with van der Waals surface area (Å²) in [6.45, 7) is 1.45. The Bertz CT molecular complexity index is 4870. The van der Waals surface area contributed by atoms with E-state index in [0.717, 1.165) is 126 Å².